The lowest BCUT2D eigenvalue weighted by Gasteiger charge is -2.16. The number of fused-ring (bicyclic) bond motifs is 1. The first-order valence-electron chi connectivity index (χ1n) is 7.13. The van der Waals surface area contributed by atoms with Crippen molar-refractivity contribution in [2.24, 2.45) is 0 Å². The van der Waals surface area contributed by atoms with Gasteiger partial charge in [-0.25, -0.2) is 8.42 Å². The highest BCUT2D eigenvalue weighted by Crippen LogP contribution is 2.31. The lowest BCUT2D eigenvalue weighted by Crippen LogP contribution is -2.27. The second kappa shape index (κ2) is 6.27. The Balaban J connectivity index is 1.85. The van der Waals surface area contributed by atoms with Crippen molar-refractivity contribution in [2.75, 3.05) is 22.4 Å². The van der Waals surface area contributed by atoms with E-state index in [9.17, 15) is 13.2 Å². The van der Waals surface area contributed by atoms with Gasteiger partial charge in [0.15, 0.2) is 0 Å². The summed E-state index contributed by atoms with van der Waals surface area (Å²) in [5.74, 6) is -0.320. The van der Waals surface area contributed by atoms with Crippen molar-refractivity contribution in [3.8, 4) is 0 Å². The maximum atomic E-state index is 12.4. The fourth-order valence-corrected chi connectivity index (χ4v) is 4.06. The fourth-order valence-electron chi connectivity index (χ4n) is 2.64. The molecule has 0 radical (unpaired) electrons. The number of nitrogens with one attached hydrogen (secondary N) is 1. The molecule has 0 fully saturated rings. The minimum atomic E-state index is -3.30. The Morgan fingerprint density at radius 3 is 2.58 bits per heavy atom. The molecule has 0 bridgehead atoms. The van der Waals surface area contributed by atoms with E-state index in [0.29, 0.717) is 39.9 Å². The van der Waals surface area contributed by atoms with Gasteiger partial charge in [0.1, 0.15) is 0 Å². The molecule has 1 amide bonds. The number of sulfonamides is 1. The summed E-state index contributed by atoms with van der Waals surface area (Å²) < 4.78 is 24.8. The highest BCUT2D eigenvalue weighted by atomic mass is 35.5. The Morgan fingerprint density at radius 1 is 1.17 bits per heavy atom. The number of rotatable bonds is 3. The molecular formula is C16H14Cl2N2O3S. The molecule has 1 N–H and O–H groups in total. The molecule has 1 heterocycles. The fraction of sp³-hybridized carbons (Fsp3) is 0.188. The van der Waals surface area contributed by atoms with Crippen LogP contribution in [-0.2, 0) is 16.4 Å². The SMILES string of the molecule is CS(=O)(=O)N1CCc2cc(C(=O)Nc3ccc(Cl)cc3Cl)ccc21. The van der Waals surface area contributed by atoms with Gasteiger partial charge < -0.3 is 5.32 Å². The van der Waals surface area contributed by atoms with Crippen LogP contribution >= 0.6 is 23.2 Å². The number of hydrogen-bond acceptors (Lipinski definition) is 3. The minimum absolute atomic E-state index is 0.320. The Labute approximate surface area is 150 Å². The second-order valence-electron chi connectivity index (χ2n) is 5.51. The van der Waals surface area contributed by atoms with Crippen molar-refractivity contribution >= 4 is 50.5 Å². The molecule has 1 aliphatic heterocycles. The quantitative estimate of drug-likeness (QED) is 0.879. The molecule has 126 valence electrons. The summed E-state index contributed by atoms with van der Waals surface area (Å²) in [5.41, 5.74) is 2.35. The average molecular weight is 385 g/mol. The molecule has 0 aromatic heterocycles. The normalized spacial score (nSPS) is 13.7. The monoisotopic (exact) mass is 384 g/mol. The number of hydrogen-bond donors (Lipinski definition) is 1. The first-order chi connectivity index (χ1) is 11.3. The van der Waals surface area contributed by atoms with Crippen LogP contribution in [0.5, 0.6) is 0 Å². The van der Waals surface area contributed by atoms with Crippen molar-refractivity contribution in [3.63, 3.8) is 0 Å². The van der Waals surface area contributed by atoms with Crippen molar-refractivity contribution in [2.45, 2.75) is 6.42 Å². The predicted octanol–water partition coefficient (Wildman–Crippen LogP) is 3.57. The van der Waals surface area contributed by atoms with Gasteiger partial charge in [0.05, 0.1) is 22.7 Å². The van der Waals surface area contributed by atoms with E-state index in [1.165, 1.54) is 10.6 Å². The van der Waals surface area contributed by atoms with E-state index >= 15 is 0 Å². The number of halogens is 2. The number of benzene rings is 2. The van der Waals surface area contributed by atoms with Crippen molar-refractivity contribution in [3.05, 3.63) is 57.6 Å². The van der Waals surface area contributed by atoms with Gasteiger partial charge in [0, 0.05) is 17.1 Å². The van der Waals surface area contributed by atoms with Crippen LogP contribution in [0.25, 0.3) is 0 Å². The van der Waals surface area contributed by atoms with Crippen LogP contribution in [0, 0.1) is 0 Å². The third-order valence-electron chi connectivity index (χ3n) is 3.77. The third-order valence-corrected chi connectivity index (χ3v) is 5.50. The zero-order chi connectivity index (χ0) is 17.5. The summed E-state index contributed by atoms with van der Waals surface area (Å²) >= 11 is 11.9. The zero-order valence-electron chi connectivity index (χ0n) is 12.7. The summed E-state index contributed by atoms with van der Waals surface area (Å²) in [6.45, 7) is 0.391. The molecule has 0 atom stereocenters. The Bertz CT molecular complexity index is 929. The molecule has 0 aliphatic carbocycles. The van der Waals surface area contributed by atoms with Crippen LogP contribution in [0.1, 0.15) is 15.9 Å². The molecular weight excluding hydrogens is 371 g/mol. The Kier molecular flexibility index (Phi) is 4.46. The van der Waals surface area contributed by atoms with Crippen LogP contribution in [0.15, 0.2) is 36.4 Å². The Morgan fingerprint density at radius 2 is 1.92 bits per heavy atom. The van der Waals surface area contributed by atoms with Crippen LogP contribution in [0.2, 0.25) is 10.0 Å². The molecule has 24 heavy (non-hydrogen) atoms. The summed E-state index contributed by atoms with van der Waals surface area (Å²) in [6.07, 6.45) is 1.75. The van der Waals surface area contributed by atoms with Gasteiger partial charge in [-0.1, -0.05) is 23.2 Å². The Hall–Kier alpha value is -1.76. The van der Waals surface area contributed by atoms with E-state index in [1.807, 2.05) is 0 Å². The van der Waals surface area contributed by atoms with E-state index in [1.54, 1.807) is 36.4 Å². The number of nitrogens with zero attached hydrogens (tertiary/aromatic N) is 1. The lowest BCUT2D eigenvalue weighted by atomic mass is 10.1. The van der Waals surface area contributed by atoms with E-state index in [-0.39, 0.29) is 5.91 Å². The minimum Gasteiger partial charge on any atom is -0.321 e. The van der Waals surface area contributed by atoms with Crippen LogP contribution < -0.4 is 9.62 Å². The molecule has 0 spiro atoms. The van der Waals surface area contributed by atoms with Crippen molar-refractivity contribution < 1.29 is 13.2 Å². The molecule has 8 heteroatoms. The maximum Gasteiger partial charge on any atom is 0.255 e. The number of amides is 1. The molecule has 1 aliphatic rings. The van der Waals surface area contributed by atoms with Crippen LogP contribution in [0.3, 0.4) is 0 Å². The largest absolute Gasteiger partial charge is 0.321 e. The predicted molar refractivity (Wildman–Crippen MR) is 96.8 cm³/mol. The highest BCUT2D eigenvalue weighted by Gasteiger charge is 2.26. The maximum absolute atomic E-state index is 12.4. The van der Waals surface area contributed by atoms with Gasteiger partial charge in [0.25, 0.3) is 5.91 Å². The molecule has 2 aromatic carbocycles. The topological polar surface area (TPSA) is 66.5 Å². The number of carbonyl (C=O) groups excluding carboxylic acids is 1. The third kappa shape index (κ3) is 3.36. The van der Waals surface area contributed by atoms with Gasteiger partial charge in [-0.05, 0) is 48.4 Å². The molecule has 0 saturated heterocycles. The van der Waals surface area contributed by atoms with Gasteiger partial charge in [-0.15, -0.1) is 0 Å². The van der Waals surface area contributed by atoms with Crippen molar-refractivity contribution in [1.29, 1.82) is 0 Å². The average Bonchev–Trinajstić information content (AvgIpc) is 2.93. The summed E-state index contributed by atoms with van der Waals surface area (Å²) in [5, 5.41) is 3.56. The van der Waals surface area contributed by atoms with Crippen LogP contribution in [0.4, 0.5) is 11.4 Å². The van der Waals surface area contributed by atoms with Crippen LogP contribution in [-0.4, -0.2) is 27.1 Å². The number of carbonyl (C=O) groups is 1. The molecule has 2 aromatic rings. The summed E-state index contributed by atoms with van der Waals surface area (Å²) in [4.78, 5) is 12.4. The van der Waals surface area contributed by atoms with Gasteiger partial charge in [-0.3, -0.25) is 9.10 Å². The van der Waals surface area contributed by atoms with Crippen molar-refractivity contribution in [1.82, 2.24) is 0 Å². The summed E-state index contributed by atoms with van der Waals surface area (Å²) in [7, 11) is -3.30. The van der Waals surface area contributed by atoms with E-state index in [4.69, 9.17) is 23.2 Å². The molecule has 0 unspecified atom stereocenters. The molecule has 0 saturated carbocycles. The molecule has 3 rings (SSSR count). The zero-order valence-corrected chi connectivity index (χ0v) is 15.0. The van der Waals surface area contributed by atoms with E-state index in [0.717, 1.165) is 5.56 Å². The van der Waals surface area contributed by atoms with Gasteiger partial charge in [-0.2, -0.15) is 0 Å². The second-order valence-corrected chi connectivity index (χ2v) is 8.26. The van der Waals surface area contributed by atoms with E-state index < -0.39 is 10.0 Å². The first kappa shape index (κ1) is 17.1. The number of anilines is 2. The first-order valence-corrected chi connectivity index (χ1v) is 9.73. The van der Waals surface area contributed by atoms with Gasteiger partial charge in [0.2, 0.25) is 10.0 Å². The van der Waals surface area contributed by atoms with E-state index in [2.05, 4.69) is 5.32 Å². The smallest absolute Gasteiger partial charge is 0.255 e. The van der Waals surface area contributed by atoms with Gasteiger partial charge >= 0.3 is 0 Å². The summed E-state index contributed by atoms with van der Waals surface area (Å²) in [6, 6.07) is 9.77. The standard InChI is InChI=1S/C16H14Cl2N2O3S/c1-24(22,23)20-7-6-10-8-11(2-5-15(10)20)16(21)19-14-4-3-12(17)9-13(14)18/h2-5,8-9H,6-7H2,1H3,(H,19,21). The highest BCUT2D eigenvalue weighted by molar-refractivity contribution is 7.92. The lowest BCUT2D eigenvalue weighted by molar-refractivity contribution is 0.102. The molecule has 5 nitrogen and oxygen atoms in total.